The highest BCUT2D eigenvalue weighted by molar-refractivity contribution is 6.33. The predicted octanol–water partition coefficient (Wildman–Crippen LogP) is 3.80. The van der Waals surface area contributed by atoms with Gasteiger partial charge in [-0.25, -0.2) is 4.98 Å². The van der Waals surface area contributed by atoms with Crippen LogP contribution in [0, 0.1) is 0 Å². The van der Waals surface area contributed by atoms with Gasteiger partial charge in [0.1, 0.15) is 11.6 Å². The van der Waals surface area contributed by atoms with Crippen molar-refractivity contribution in [1.82, 2.24) is 9.88 Å². The topological polar surface area (TPSA) is 72.0 Å². The number of aromatic nitrogens is 1. The third-order valence-electron chi connectivity index (χ3n) is 4.97. The van der Waals surface area contributed by atoms with Crippen molar-refractivity contribution in [3.63, 3.8) is 0 Å². The number of carbonyl (C=O) groups excluding carboxylic acids is 2. The number of esters is 1. The van der Waals surface area contributed by atoms with Crippen molar-refractivity contribution in [3.05, 3.63) is 53.2 Å². The molecule has 1 fully saturated rings. The molecule has 11 heteroatoms. The van der Waals surface area contributed by atoms with E-state index in [9.17, 15) is 22.8 Å². The predicted molar refractivity (Wildman–Crippen MR) is 115 cm³/mol. The molecule has 178 valence electrons. The molecule has 1 saturated heterocycles. The molecule has 1 aromatic carbocycles. The Bertz CT molecular complexity index is 952. The summed E-state index contributed by atoms with van der Waals surface area (Å²) in [5.41, 5.74) is -0.918. The lowest BCUT2D eigenvalue weighted by Crippen LogP contribution is -2.50. The SMILES string of the molecule is O=C(CCCOc1ccccc1)OCC(=O)N1CCN(c2ncc(C(F)(F)F)cc2Cl)CC1. The number of hydrogen-bond acceptors (Lipinski definition) is 6. The second-order valence-corrected chi connectivity index (χ2v) is 7.73. The summed E-state index contributed by atoms with van der Waals surface area (Å²) in [5, 5.41) is -0.102. The largest absolute Gasteiger partial charge is 0.494 e. The van der Waals surface area contributed by atoms with Gasteiger partial charge in [0.25, 0.3) is 5.91 Å². The molecule has 2 heterocycles. The number of benzene rings is 1. The first-order valence-corrected chi connectivity index (χ1v) is 10.7. The van der Waals surface area contributed by atoms with E-state index in [-0.39, 0.29) is 29.8 Å². The average molecular weight is 486 g/mol. The van der Waals surface area contributed by atoms with Crippen molar-refractivity contribution in [2.75, 3.05) is 44.3 Å². The molecule has 0 aliphatic carbocycles. The minimum Gasteiger partial charge on any atom is -0.494 e. The molecule has 0 unspecified atom stereocenters. The zero-order chi connectivity index (χ0) is 23.8. The Morgan fingerprint density at radius 3 is 2.42 bits per heavy atom. The number of para-hydroxylation sites is 1. The number of anilines is 1. The summed E-state index contributed by atoms with van der Waals surface area (Å²) in [6.45, 7) is 1.29. The Balaban J connectivity index is 1.36. The van der Waals surface area contributed by atoms with Crippen LogP contribution in [0.1, 0.15) is 18.4 Å². The van der Waals surface area contributed by atoms with Crippen LogP contribution in [0.25, 0.3) is 0 Å². The highest BCUT2D eigenvalue weighted by Crippen LogP contribution is 2.33. The van der Waals surface area contributed by atoms with Gasteiger partial charge in [-0.2, -0.15) is 13.2 Å². The maximum Gasteiger partial charge on any atom is 0.417 e. The Labute approximate surface area is 194 Å². The van der Waals surface area contributed by atoms with Crippen LogP contribution in [0.3, 0.4) is 0 Å². The number of pyridine rings is 1. The van der Waals surface area contributed by atoms with Crippen molar-refractivity contribution in [3.8, 4) is 5.75 Å². The average Bonchev–Trinajstić information content (AvgIpc) is 2.80. The molecule has 0 saturated carbocycles. The molecule has 2 aromatic rings. The fourth-order valence-corrected chi connectivity index (χ4v) is 3.50. The third-order valence-corrected chi connectivity index (χ3v) is 5.25. The molecule has 0 spiro atoms. The van der Waals surface area contributed by atoms with E-state index < -0.39 is 17.7 Å². The number of carbonyl (C=O) groups is 2. The van der Waals surface area contributed by atoms with Gasteiger partial charge in [0, 0.05) is 38.8 Å². The van der Waals surface area contributed by atoms with Gasteiger partial charge in [-0.1, -0.05) is 29.8 Å². The van der Waals surface area contributed by atoms with E-state index in [0.717, 1.165) is 12.3 Å². The van der Waals surface area contributed by atoms with Crippen LogP contribution in [0.5, 0.6) is 5.75 Å². The number of nitrogens with zero attached hydrogens (tertiary/aromatic N) is 3. The molecule has 1 aliphatic rings. The minimum absolute atomic E-state index is 0.102. The zero-order valence-electron chi connectivity index (χ0n) is 17.7. The number of rotatable bonds is 8. The Morgan fingerprint density at radius 1 is 1.09 bits per heavy atom. The summed E-state index contributed by atoms with van der Waals surface area (Å²) in [4.78, 5) is 31.3. The summed E-state index contributed by atoms with van der Waals surface area (Å²) in [7, 11) is 0. The van der Waals surface area contributed by atoms with E-state index in [1.54, 1.807) is 4.90 Å². The number of halogens is 4. The quantitative estimate of drug-likeness (QED) is 0.418. The second-order valence-electron chi connectivity index (χ2n) is 7.32. The smallest absolute Gasteiger partial charge is 0.417 e. The molecule has 3 rings (SSSR count). The van der Waals surface area contributed by atoms with Gasteiger partial charge in [-0.15, -0.1) is 0 Å². The van der Waals surface area contributed by atoms with Crippen LogP contribution in [0.4, 0.5) is 19.0 Å². The number of hydrogen-bond donors (Lipinski definition) is 0. The zero-order valence-corrected chi connectivity index (χ0v) is 18.4. The Morgan fingerprint density at radius 2 is 1.79 bits per heavy atom. The highest BCUT2D eigenvalue weighted by atomic mass is 35.5. The summed E-state index contributed by atoms with van der Waals surface area (Å²) in [6, 6.07) is 10.1. The van der Waals surface area contributed by atoms with E-state index in [1.807, 2.05) is 30.3 Å². The highest BCUT2D eigenvalue weighted by Gasteiger charge is 2.32. The molecule has 0 bridgehead atoms. The van der Waals surface area contributed by atoms with Crippen molar-refractivity contribution >= 4 is 29.3 Å². The van der Waals surface area contributed by atoms with Gasteiger partial charge < -0.3 is 19.3 Å². The Hall–Kier alpha value is -3.01. The summed E-state index contributed by atoms with van der Waals surface area (Å²) in [6.07, 6.45) is -3.19. The number of piperazine rings is 1. The number of amides is 1. The summed E-state index contributed by atoms with van der Waals surface area (Å²) >= 11 is 5.99. The third kappa shape index (κ3) is 7.24. The van der Waals surface area contributed by atoms with Crippen LogP contribution < -0.4 is 9.64 Å². The van der Waals surface area contributed by atoms with Crippen molar-refractivity contribution < 1.29 is 32.2 Å². The van der Waals surface area contributed by atoms with Crippen molar-refractivity contribution in [2.45, 2.75) is 19.0 Å². The van der Waals surface area contributed by atoms with Crippen LogP contribution in [0.2, 0.25) is 5.02 Å². The fourth-order valence-electron chi connectivity index (χ4n) is 3.22. The maximum absolute atomic E-state index is 12.8. The van der Waals surface area contributed by atoms with E-state index >= 15 is 0 Å². The minimum atomic E-state index is -4.52. The number of alkyl halides is 3. The second kappa shape index (κ2) is 11.2. The summed E-state index contributed by atoms with van der Waals surface area (Å²) in [5.74, 6) is 0.128. The summed E-state index contributed by atoms with van der Waals surface area (Å²) < 4.78 is 48.9. The van der Waals surface area contributed by atoms with Crippen LogP contribution >= 0.6 is 11.6 Å². The van der Waals surface area contributed by atoms with Gasteiger partial charge in [0.2, 0.25) is 0 Å². The van der Waals surface area contributed by atoms with Gasteiger partial charge >= 0.3 is 12.1 Å². The van der Waals surface area contributed by atoms with Crippen molar-refractivity contribution in [1.29, 1.82) is 0 Å². The lowest BCUT2D eigenvalue weighted by Gasteiger charge is -2.35. The molecular weight excluding hydrogens is 463 g/mol. The lowest BCUT2D eigenvalue weighted by molar-refractivity contribution is -0.152. The van der Waals surface area contributed by atoms with E-state index in [2.05, 4.69) is 4.98 Å². The molecule has 1 amide bonds. The molecule has 1 aromatic heterocycles. The molecule has 0 N–H and O–H groups in total. The van der Waals surface area contributed by atoms with Crippen LogP contribution in [-0.2, 0) is 20.5 Å². The lowest BCUT2D eigenvalue weighted by atomic mass is 10.2. The molecule has 7 nitrogen and oxygen atoms in total. The van der Waals surface area contributed by atoms with Crippen LogP contribution in [0.15, 0.2) is 42.6 Å². The van der Waals surface area contributed by atoms with Crippen LogP contribution in [-0.4, -0.2) is 61.2 Å². The normalized spacial score (nSPS) is 14.2. The monoisotopic (exact) mass is 485 g/mol. The van der Waals surface area contributed by atoms with E-state index in [1.165, 1.54) is 4.90 Å². The molecule has 0 radical (unpaired) electrons. The molecular formula is C22H23ClF3N3O4. The van der Waals surface area contributed by atoms with E-state index in [4.69, 9.17) is 21.1 Å². The van der Waals surface area contributed by atoms with Gasteiger partial charge in [0.05, 0.1) is 17.2 Å². The maximum atomic E-state index is 12.8. The van der Waals surface area contributed by atoms with Gasteiger partial charge in [0.15, 0.2) is 6.61 Å². The molecule has 0 atom stereocenters. The fraction of sp³-hybridized carbons (Fsp3) is 0.409. The van der Waals surface area contributed by atoms with Gasteiger partial charge in [-0.3, -0.25) is 9.59 Å². The van der Waals surface area contributed by atoms with E-state index in [0.29, 0.717) is 45.0 Å². The first-order valence-electron chi connectivity index (χ1n) is 10.3. The molecule has 33 heavy (non-hydrogen) atoms. The Kier molecular flexibility index (Phi) is 8.37. The number of ether oxygens (including phenoxy) is 2. The van der Waals surface area contributed by atoms with Gasteiger partial charge in [-0.05, 0) is 24.6 Å². The first-order chi connectivity index (χ1) is 15.7. The molecule has 1 aliphatic heterocycles. The standard InChI is InChI=1S/C22H23ClF3N3O4/c23-18-13-16(22(24,25)26)14-27-21(18)29-10-8-28(9-11-29)19(30)15-33-20(31)7-4-12-32-17-5-2-1-3-6-17/h1-3,5-6,13-14H,4,7-12,15H2. The first kappa shape index (κ1) is 24.6. The van der Waals surface area contributed by atoms with Crippen molar-refractivity contribution in [2.24, 2.45) is 0 Å².